The van der Waals surface area contributed by atoms with E-state index in [0.717, 1.165) is 29.8 Å². The summed E-state index contributed by atoms with van der Waals surface area (Å²) in [6.45, 7) is 6.02. The van der Waals surface area contributed by atoms with E-state index in [0.29, 0.717) is 24.9 Å². The van der Waals surface area contributed by atoms with Crippen LogP contribution < -0.4 is 10.1 Å². The van der Waals surface area contributed by atoms with Crippen molar-refractivity contribution in [2.24, 2.45) is 11.8 Å². The fraction of sp³-hybridized carbons (Fsp3) is 0.667. The maximum atomic E-state index is 12.8. The molecule has 3 rings (SSSR count). The monoisotopic (exact) mass is 344 g/mol. The van der Waals surface area contributed by atoms with Crippen molar-refractivity contribution in [3.8, 4) is 5.75 Å². The number of nitrogens with zero attached hydrogens (tertiary/aromatic N) is 1. The first kappa shape index (κ1) is 18.1. The third-order valence-electron chi connectivity index (χ3n) is 5.91. The number of benzene rings is 1. The lowest BCUT2D eigenvalue weighted by molar-refractivity contribution is -0.137. The summed E-state index contributed by atoms with van der Waals surface area (Å²) in [6, 6.07) is 6.57. The number of amides is 1. The molecule has 4 heteroatoms. The average Bonchev–Trinajstić information content (AvgIpc) is 2.61. The highest BCUT2D eigenvalue weighted by Gasteiger charge is 2.37. The Kier molecular flexibility index (Phi) is 5.87. The van der Waals surface area contributed by atoms with Gasteiger partial charge in [0, 0.05) is 25.6 Å². The molecule has 3 atom stereocenters. The lowest BCUT2D eigenvalue weighted by Crippen LogP contribution is -2.50. The minimum Gasteiger partial charge on any atom is -0.495 e. The van der Waals surface area contributed by atoms with Gasteiger partial charge in [-0.1, -0.05) is 13.0 Å². The van der Waals surface area contributed by atoms with Crippen LogP contribution in [0.4, 0.5) is 5.69 Å². The molecule has 0 aromatic heterocycles. The second-order valence-corrected chi connectivity index (χ2v) is 7.86. The molecule has 1 N–H and O–H groups in total. The van der Waals surface area contributed by atoms with Crippen molar-refractivity contribution in [1.82, 2.24) is 4.90 Å². The standard InChI is InChI=1S/C21H32N2O2/c1-15-6-8-19-17(13-15)5-4-12-23(19)21(24)10-11-22-18-14-16(2)7-9-20(18)25-3/h7,9,14-15,17,19,22H,4-6,8,10-13H2,1-3H3. The predicted octanol–water partition coefficient (Wildman–Crippen LogP) is 4.23. The van der Waals surface area contributed by atoms with Gasteiger partial charge >= 0.3 is 0 Å². The number of nitrogens with one attached hydrogen (secondary N) is 1. The van der Waals surface area contributed by atoms with E-state index in [9.17, 15) is 4.79 Å². The van der Waals surface area contributed by atoms with E-state index in [1.165, 1.54) is 37.7 Å². The van der Waals surface area contributed by atoms with Gasteiger partial charge in [0.15, 0.2) is 0 Å². The van der Waals surface area contributed by atoms with Crippen LogP contribution in [0.25, 0.3) is 0 Å². The van der Waals surface area contributed by atoms with Gasteiger partial charge in [0.1, 0.15) is 5.75 Å². The molecule has 0 bridgehead atoms. The molecule has 0 spiro atoms. The van der Waals surface area contributed by atoms with Crippen molar-refractivity contribution in [3.05, 3.63) is 23.8 Å². The van der Waals surface area contributed by atoms with Gasteiger partial charge in [-0.3, -0.25) is 4.79 Å². The van der Waals surface area contributed by atoms with Gasteiger partial charge in [0.2, 0.25) is 5.91 Å². The first-order valence-corrected chi connectivity index (χ1v) is 9.76. The molecule has 25 heavy (non-hydrogen) atoms. The smallest absolute Gasteiger partial charge is 0.224 e. The molecule has 1 aliphatic carbocycles. The Morgan fingerprint density at radius 1 is 1.32 bits per heavy atom. The molecule has 1 aliphatic heterocycles. The van der Waals surface area contributed by atoms with Crippen LogP contribution in [0.5, 0.6) is 5.75 Å². The van der Waals surface area contributed by atoms with Gasteiger partial charge in [-0.05, 0) is 68.6 Å². The largest absolute Gasteiger partial charge is 0.495 e. The summed E-state index contributed by atoms with van der Waals surface area (Å²) in [6.07, 6.45) is 6.78. The Balaban J connectivity index is 1.55. The average molecular weight is 344 g/mol. The van der Waals surface area contributed by atoms with E-state index in [2.05, 4.69) is 30.1 Å². The molecule has 1 saturated heterocycles. The lowest BCUT2D eigenvalue weighted by atomic mass is 9.74. The van der Waals surface area contributed by atoms with Crippen LogP contribution in [0, 0.1) is 18.8 Å². The van der Waals surface area contributed by atoms with Crippen molar-refractivity contribution >= 4 is 11.6 Å². The molecular weight excluding hydrogens is 312 g/mol. The number of fused-ring (bicyclic) bond motifs is 1. The minimum absolute atomic E-state index is 0.309. The molecule has 3 unspecified atom stereocenters. The van der Waals surface area contributed by atoms with Crippen LogP contribution in [0.3, 0.4) is 0 Å². The van der Waals surface area contributed by atoms with Crippen LogP contribution in [0.15, 0.2) is 18.2 Å². The van der Waals surface area contributed by atoms with E-state index in [1.54, 1.807) is 7.11 Å². The number of methoxy groups -OCH3 is 1. The van der Waals surface area contributed by atoms with Crippen LogP contribution in [-0.2, 0) is 4.79 Å². The molecule has 2 aliphatic rings. The second-order valence-electron chi connectivity index (χ2n) is 7.86. The molecular formula is C21H32N2O2. The number of likely N-dealkylation sites (tertiary alicyclic amines) is 1. The number of carbonyl (C=O) groups is 1. The fourth-order valence-corrected chi connectivity index (χ4v) is 4.61. The summed E-state index contributed by atoms with van der Waals surface area (Å²) in [5.74, 6) is 2.69. The Labute approximate surface area is 151 Å². The predicted molar refractivity (Wildman–Crippen MR) is 102 cm³/mol. The topological polar surface area (TPSA) is 41.6 Å². The third-order valence-corrected chi connectivity index (χ3v) is 5.91. The van der Waals surface area contributed by atoms with Crippen LogP contribution >= 0.6 is 0 Å². The number of carbonyl (C=O) groups excluding carboxylic acids is 1. The van der Waals surface area contributed by atoms with E-state index < -0.39 is 0 Å². The number of hydrogen-bond acceptors (Lipinski definition) is 3. The van der Waals surface area contributed by atoms with Gasteiger partial charge in [-0.15, -0.1) is 0 Å². The van der Waals surface area contributed by atoms with Crippen LogP contribution in [0.2, 0.25) is 0 Å². The van der Waals surface area contributed by atoms with Crippen LogP contribution in [0.1, 0.15) is 51.0 Å². The zero-order chi connectivity index (χ0) is 17.8. The van der Waals surface area contributed by atoms with Crippen molar-refractivity contribution in [2.45, 2.75) is 58.4 Å². The van der Waals surface area contributed by atoms with Crippen molar-refractivity contribution in [1.29, 1.82) is 0 Å². The molecule has 1 aromatic rings. The molecule has 4 nitrogen and oxygen atoms in total. The van der Waals surface area contributed by atoms with E-state index in [-0.39, 0.29) is 0 Å². The van der Waals surface area contributed by atoms with Gasteiger partial charge in [-0.2, -0.15) is 0 Å². The highest BCUT2D eigenvalue weighted by molar-refractivity contribution is 5.77. The second kappa shape index (κ2) is 8.11. The number of rotatable bonds is 5. The first-order valence-electron chi connectivity index (χ1n) is 9.76. The molecule has 1 saturated carbocycles. The number of piperidine rings is 1. The first-order chi connectivity index (χ1) is 12.1. The Morgan fingerprint density at radius 2 is 2.16 bits per heavy atom. The molecule has 138 valence electrons. The maximum Gasteiger partial charge on any atom is 0.224 e. The quantitative estimate of drug-likeness (QED) is 0.869. The van der Waals surface area contributed by atoms with Gasteiger partial charge in [-0.25, -0.2) is 0 Å². The van der Waals surface area contributed by atoms with Crippen molar-refractivity contribution < 1.29 is 9.53 Å². The lowest BCUT2D eigenvalue weighted by Gasteiger charge is -2.45. The summed E-state index contributed by atoms with van der Waals surface area (Å²) >= 11 is 0. The van der Waals surface area contributed by atoms with Crippen LogP contribution in [-0.4, -0.2) is 37.0 Å². The SMILES string of the molecule is COc1ccc(C)cc1NCCC(=O)N1CCCC2CC(C)CCC21. The molecule has 1 aromatic carbocycles. The highest BCUT2D eigenvalue weighted by atomic mass is 16.5. The Morgan fingerprint density at radius 3 is 2.96 bits per heavy atom. The number of aryl methyl sites for hydroxylation is 1. The van der Waals surface area contributed by atoms with Gasteiger partial charge < -0.3 is 15.0 Å². The summed E-state index contributed by atoms with van der Waals surface area (Å²) in [5, 5.41) is 3.38. The number of anilines is 1. The zero-order valence-corrected chi connectivity index (χ0v) is 15.9. The van der Waals surface area contributed by atoms with Gasteiger partial charge in [0.05, 0.1) is 12.8 Å². The number of ether oxygens (including phenoxy) is 1. The van der Waals surface area contributed by atoms with Crippen molar-refractivity contribution in [2.75, 3.05) is 25.5 Å². The highest BCUT2D eigenvalue weighted by Crippen LogP contribution is 2.38. The van der Waals surface area contributed by atoms with E-state index in [4.69, 9.17) is 4.74 Å². The zero-order valence-electron chi connectivity index (χ0n) is 15.9. The molecule has 2 fully saturated rings. The molecule has 1 heterocycles. The Hall–Kier alpha value is -1.71. The molecule has 1 amide bonds. The van der Waals surface area contributed by atoms with Crippen molar-refractivity contribution in [3.63, 3.8) is 0 Å². The molecule has 0 radical (unpaired) electrons. The Bertz CT molecular complexity index is 602. The normalized spacial score (nSPS) is 26.0. The third kappa shape index (κ3) is 4.28. The fourth-order valence-electron chi connectivity index (χ4n) is 4.61. The summed E-state index contributed by atoms with van der Waals surface area (Å²) in [4.78, 5) is 15.0. The summed E-state index contributed by atoms with van der Waals surface area (Å²) in [7, 11) is 1.68. The van der Waals surface area contributed by atoms with E-state index in [1.807, 2.05) is 12.1 Å². The van der Waals surface area contributed by atoms with E-state index >= 15 is 0 Å². The van der Waals surface area contributed by atoms with Gasteiger partial charge in [0.25, 0.3) is 0 Å². The summed E-state index contributed by atoms with van der Waals surface area (Å²) in [5.41, 5.74) is 2.16. The minimum atomic E-state index is 0.309. The number of hydrogen-bond donors (Lipinski definition) is 1. The summed E-state index contributed by atoms with van der Waals surface area (Å²) < 4.78 is 5.40. The maximum absolute atomic E-state index is 12.8.